The molecule has 0 aromatic rings. The van der Waals surface area contributed by atoms with Gasteiger partial charge in [-0.2, -0.15) is 0 Å². The summed E-state index contributed by atoms with van der Waals surface area (Å²) >= 11 is 0. The highest BCUT2D eigenvalue weighted by Gasteiger charge is 2.60. The van der Waals surface area contributed by atoms with E-state index in [0.717, 1.165) is 6.92 Å². The van der Waals surface area contributed by atoms with Gasteiger partial charge in [-0.1, -0.05) is 27.7 Å². The Kier molecular flexibility index (Phi) is 15.0. The fraction of sp³-hybridized carbons (Fsp3) is 0.921. The maximum absolute atomic E-state index is 14.5. The van der Waals surface area contributed by atoms with Crippen LogP contribution >= 0.6 is 0 Å². The average Bonchev–Trinajstić information content (AvgIpc) is 3.08. The number of carbonyl (C=O) groups excluding carboxylic acids is 2. The van der Waals surface area contributed by atoms with Gasteiger partial charge in [0.1, 0.15) is 29.7 Å². The van der Waals surface area contributed by atoms with Gasteiger partial charge in [-0.05, 0) is 74.9 Å². The number of hydrogen-bond acceptors (Lipinski definition) is 15. The highest BCUT2D eigenvalue weighted by atomic mass is 16.7. The van der Waals surface area contributed by atoms with Crippen LogP contribution in [0.2, 0.25) is 0 Å². The van der Waals surface area contributed by atoms with Crippen LogP contribution in [-0.2, 0) is 42.8 Å². The van der Waals surface area contributed by atoms with Crippen LogP contribution in [0.3, 0.4) is 0 Å². The van der Waals surface area contributed by atoms with Gasteiger partial charge in [-0.15, -0.1) is 0 Å². The van der Waals surface area contributed by atoms with Crippen LogP contribution in [-0.4, -0.2) is 159 Å². The molecule has 3 rings (SSSR count). The first-order valence-corrected chi connectivity index (χ1v) is 19.0. The lowest BCUT2D eigenvalue weighted by atomic mass is 9.70. The molecule has 0 aromatic heterocycles. The summed E-state index contributed by atoms with van der Waals surface area (Å²) in [7, 11) is 4.97. The molecule has 16 nitrogen and oxygen atoms in total. The third-order valence-electron chi connectivity index (χ3n) is 12.3. The minimum absolute atomic E-state index is 0.0705. The Hall–Kier alpha value is -1.83. The van der Waals surface area contributed by atoms with Crippen LogP contribution < -0.4 is 0 Å². The predicted molar refractivity (Wildman–Crippen MR) is 193 cm³/mol. The minimum atomic E-state index is -2.61. The van der Waals surface area contributed by atoms with E-state index in [1.165, 1.54) is 34.8 Å². The number of rotatable bonds is 8. The minimum Gasteiger partial charge on any atom is -0.480 e. The van der Waals surface area contributed by atoms with Gasteiger partial charge >= 0.3 is 11.9 Å². The van der Waals surface area contributed by atoms with E-state index in [2.05, 4.69) is 0 Å². The van der Waals surface area contributed by atoms with Crippen LogP contribution in [0.5, 0.6) is 0 Å². The number of ketones is 1. The number of aliphatic hydroxyl groups is 5. The van der Waals surface area contributed by atoms with Crippen molar-refractivity contribution >= 4 is 17.7 Å². The van der Waals surface area contributed by atoms with Gasteiger partial charge in [0.25, 0.3) is 0 Å². The van der Waals surface area contributed by atoms with E-state index < -0.39 is 125 Å². The van der Waals surface area contributed by atoms with Crippen LogP contribution in [0.15, 0.2) is 0 Å². The van der Waals surface area contributed by atoms with Crippen molar-refractivity contribution in [3.8, 4) is 0 Å². The summed E-state index contributed by atoms with van der Waals surface area (Å²) in [5.41, 5.74) is -8.07. The van der Waals surface area contributed by atoms with E-state index in [4.69, 9.17) is 28.4 Å². The predicted octanol–water partition coefficient (Wildman–Crippen LogP) is 1.24. The number of methoxy groups -OCH3 is 1. The van der Waals surface area contributed by atoms with Crippen molar-refractivity contribution in [2.24, 2.45) is 23.2 Å². The highest BCUT2D eigenvalue weighted by molar-refractivity contribution is 5.99. The van der Waals surface area contributed by atoms with Crippen molar-refractivity contribution in [3.63, 3.8) is 0 Å². The zero-order valence-electron chi connectivity index (χ0n) is 34.2. The molecule has 0 amide bonds. The van der Waals surface area contributed by atoms with Gasteiger partial charge in [-0.3, -0.25) is 14.4 Å². The molecule has 16 heteroatoms. The third-order valence-corrected chi connectivity index (χ3v) is 12.3. The summed E-state index contributed by atoms with van der Waals surface area (Å²) in [4.78, 5) is 43.7. The van der Waals surface area contributed by atoms with Gasteiger partial charge < -0.3 is 64.0 Å². The maximum Gasteiger partial charge on any atom is 0.326 e. The molecule has 0 saturated carbocycles. The van der Waals surface area contributed by atoms with Crippen LogP contribution in [0.1, 0.15) is 94.9 Å². The molecule has 6 N–H and O–H groups in total. The molecule has 0 bridgehead atoms. The molecular weight excluding hydrogens is 710 g/mol. The van der Waals surface area contributed by atoms with Crippen LogP contribution in [0.4, 0.5) is 0 Å². The Bertz CT molecular complexity index is 1310. The second-order valence-corrected chi connectivity index (χ2v) is 17.1. The molecule has 3 heterocycles. The van der Waals surface area contributed by atoms with E-state index in [-0.39, 0.29) is 19.3 Å². The molecule has 2 unspecified atom stereocenters. The second kappa shape index (κ2) is 17.3. The fourth-order valence-electron chi connectivity index (χ4n) is 8.67. The summed E-state index contributed by atoms with van der Waals surface area (Å²) < 4.78 is 36.6. The summed E-state index contributed by atoms with van der Waals surface area (Å²) in [6, 6.07) is -0.430. The number of nitrogens with zero attached hydrogens (tertiary/aromatic N) is 1. The number of aliphatic hydroxyl groups excluding tert-OH is 3. The van der Waals surface area contributed by atoms with Gasteiger partial charge in [0.15, 0.2) is 18.0 Å². The largest absolute Gasteiger partial charge is 0.480 e. The van der Waals surface area contributed by atoms with Crippen molar-refractivity contribution in [1.82, 2.24) is 4.90 Å². The number of likely N-dealkylation sites (N-methyl/N-ethyl adjacent to an activating group) is 1. The average molecular weight is 778 g/mol. The van der Waals surface area contributed by atoms with E-state index in [0.29, 0.717) is 6.42 Å². The molecule has 18 atom stereocenters. The van der Waals surface area contributed by atoms with Crippen LogP contribution in [0, 0.1) is 23.2 Å². The molecule has 3 aliphatic rings. The highest BCUT2D eigenvalue weighted by Crippen LogP contribution is 2.44. The fourth-order valence-corrected chi connectivity index (χ4v) is 8.67. The number of carboxylic acid groups (broad SMARTS) is 1. The quantitative estimate of drug-likeness (QED) is 0.150. The van der Waals surface area contributed by atoms with Crippen molar-refractivity contribution < 1.29 is 73.4 Å². The first-order valence-electron chi connectivity index (χ1n) is 19.0. The van der Waals surface area contributed by atoms with E-state index in [1.807, 2.05) is 4.90 Å². The Morgan fingerprint density at radius 2 is 1.50 bits per heavy atom. The lowest BCUT2D eigenvalue weighted by Crippen LogP contribution is -2.64. The lowest BCUT2D eigenvalue weighted by Gasteiger charge is -2.50. The SMILES string of the molecule is CC[C@H]1OC(=O)[C@@](C)(C(=O)O)[C@@H](OC2C[C@@](C)(OC)[C@@H](O)[C@H](C)O2)[C@H](C)[C@@H](OC2O[C@@H](C)C[C@@H](N(C)C)[C@@H]2O)[C@](C)(O)C[C@@H](C)C(=O)[C@H](C)[C@@H](O)[C@]1(C)O. The second-order valence-electron chi connectivity index (χ2n) is 17.1. The Morgan fingerprint density at radius 3 is 2.02 bits per heavy atom. The van der Waals surface area contributed by atoms with Crippen molar-refractivity contribution in [2.75, 3.05) is 21.2 Å². The van der Waals surface area contributed by atoms with Gasteiger partial charge in [0.2, 0.25) is 0 Å². The standard InChI is InChI=1S/C38H67NO15/c1-14-24-38(10,48)28(42)20(4)26(40)18(2)16-35(7,47)30(54-32-27(41)23(39(11)12)15-19(3)50-32)21(5)31(37(9,33(44)45)34(46)52-24)53-25-17-36(8,49-13)29(43)22(6)51-25/h18-25,27-32,41-43,47-48H,14-17H2,1-13H3,(H,44,45)/t18-,19+,20+,21-,22+,23-,24-,25?,27+,28-,29+,30-,31+,32?,35-,36-,37-,38-/m1/s1. The lowest BCUT2D eigenvalue weighted by molar-refractivity contribution is -0.322. The zero-order valence-corrected chi connectivity index (χ0v) is 34.2. The van der Waals surface area contributed by atoms with Crippen LogP contribution in [0.25, 0.3) is 0 Å². The molecule has 3 aliphatic heterocycles. The molecule has 3 saturated heterocycles. The first kappa shape index (κ1) is 46.6. The molecule has 3 fully saturated rings. The molecule has 314 valence electrons. The number of Topliss-reactive ketones (excluding diaryl/α,β-unsaturated/α-hetero) is 1. The smallest absolute Gasteiger partial charge is 0.326 e. The molecule has 0 radical (unpaired) electrons. The summed E-state index contributed by atoms with van der Waals surface area (Å²) in [5.74, 6) is -6.97. The Morgan fingerprint density at radius 1 is 0.907 bits per heavy atom. The summed E-state index contributed by atoms with van der Waals surface area (Å²) in [6.45, 7) is 14.8. The number of esters is 1. The number of cyclic esters (lactones) is 1. The molecular formula is C38H67NO15. The molecule has 0 spiro atoms. The molecule has 54 heavy (non-hydrogen) atoms. The Labute approximate surface area is 319 Å². The van der Waals surface area contributed by atoms with Crippen molar-refractivity contribution in [1.29, 1.82) is 0 Å². The molecule has 0 aromatic carbocycles. The number of carbonyl (C=O) groups is 3. The number of ether oxygens (including phenoxy) is 6. The number of aliphatic carboxylic acids is 1. The van der Waals surface area contributed by atoms with Crippen molar-refractivity contribution in [3.05, 3.63) is 0 Å². The van der Waals surface area contributed by atoms with E-state index in [9.17, 15) is 45.0 Å². The normalized spacial score (nSPS) is 48.9. The van der Waals surface area contributed by atoms with Gasteiger partial charge in [0.05, 0.1) is 41.7 Å². The topological polar surface area (TPSA) is 231 Å². The Balaban J connectivity index is 2.32. The summed E-state index contributed by atoms with van der Waals surface area (Å²) in [5, 5.41) is 68.9. The first-order chi connectivity index (χ1) is 24.7. The van der Waals surface area contributed by atoms with Crippen molar-refractivity contribution in [2.45, 2.75) is 179 Å². The third kappa shape index (κ3) is 9.14. The van der Waals surface area contributed by atoms with Gasteiger partial charge in [0, 0.05) is 37.3 Å². The van der Waals surface area contributed by atoms with E-state index >= 15 is 0 Å². The maximum atomic E-state index is 14.5. The zero-order chi connectivity index (χ0) is 41.5. The monoisotopic (exact) mass is 777 g/mol. The number of carboxylic acids is 1. The van der Waals surface area contributed by atoms with E-state index in [1.54, 1.807) is 48.7 Å². The molecule has 0 aliphatic carbocycles. The summed E-state index contributed by atoms with van der Waals surface area (Å²) in [6.07, 6.45) is -12.8. The van der Waals surface area contributed by atoms with Gasteiger partial charge in [-0.25, -0.2) is 0 Å². The number of hydrogen-bond donors (Lipinski definition) is 6.